The fourth-order valence-electron chi connectivity index (χ4n) is 3.58. The van der Waals surface area contributed by atoms with E-state index in [1.165, 1.54) is 51.0 Å². The van der Waals surface area contributed by atoms with Crippen molar-refractivity contribution in [3.8, 4) is 0 Å². The Kier molecular flexibility index (Phi) is 5.04. The molecule has 1 aliphatic heterocycles. The normalized spacial score (nSPS) is 27.8. The van der Waals surface area contributed by atoms with Gasteiger partial charge in [0.25, 0.3) is 0 Å². The lowest BCUT2D eigenvalue weighted by Crippen LogP contribution is -2.48. The van der Waals surface area contributed by atoms with Crippen molar-refractivity contribution in [2.45, 2.75) is 31.7 Å². The predicted octanol–water partition coefficient (Wildman–Crippen LogP) is 2.98. The Labute approximate surface area is 133 Å². The first-order valence-electron chi connectivity index (χ1n) is 8.19. The monoisotopic (exact) mass is 307 g/mol. The highest BCUT2D eigenvalue weighted by Gasteiger charge is 2.23. The van der Waals surface area contributed by atoms with E-state index in [0.29, 0.717) is 6.04 Å². The molecular formula is C17H26ClN3. The van der Waals surface area contributed by atoms with E-state index in [1.807, 2.05) is 12.1 Å². The molecule has 0 atom stereocenters. The van der Waals surface area contributed by atoms with Gasteiger partial charge in [0.05, 0.1) is 0 Å². The summed E-state index contributed by atoms with van der Waals surface area (Å²) in [4.78, 5) is 5.09. The van der Waals surface area contributed by atoms with Crippen molar-refractivity contribution in [3.05, 3.63) is 29.3 Å². The van der Waals surface area contributed by atoms with E-state index in [0.717, 1.165) is 24.0 Å². The minimum Gasteiger partial charge on any atom is -0.369 e. The van der Waals surface area contributed by atoms with Gasteiger partial charge in [0.15, 0.2) is 0 Å². The standard InChI is InChI=1S/C17H26ClN3/c18-15-3-7-17(8-4-15)21-11-9-20(10-12-21)13-14-1-5-16(19)6-2-14/h3-4,7-8,14,16H,1-2,5-6,9-13,19H2. The highest BCUT2D eigenvalue weighted by atomic mass is 35.5. The first-order chi connectivity index (χ1) is 10.2. The molecule has 2 aliphatic rings. The van der Waals surface area contributed by atoms with E-state index >= 15 is 0 Å². The van der Waals surface area contributed by atoms with Crippen LogP contribution >= 0.6 is 11.6 Å². The highest BCUT2D eigenvalue weighted by Crippen LogP contribution is 2.25. The molecule has 21 heavy (non-hydrogen) atoms. The average molecular weight is 308 g/mol. The van der Waals surface area contributed by atoms with Crippen LogP contribution in [0.3, 0.4) is 0 Å². The van der Waals surface area contributed by atoms with Crippen molar-refractivity contribution in [3.63, 3.8) is 0 Å². The topological polar surface area (TPSA) is 32.5 Å². The lowest BCUT2D eigenvalue weighted by molar-refractivity contribution is 0.186. The SMILES string of the molecule is NC1CCC(CN2CCN(c3ccc(Cl)cc3)CC2)CC1. The van der Waals surface area contributed by atoms with Crippen LogP contribution in [-0.2, 0) is 0 Å². The molecule has 116 valence electrons. The molecule has 0 radical (unpaired) electrons. The molecule has 1 aromatic rings. The summed E-state index contributed by atoms with van der Waals surface area (Å²) in [6.45, 7) is 5.85. The van der Waals surface area contributed by atoms with Gasteiger partial charge in [-0.1, -0.05) is 11.6 Å². The number of rotatable bonds is 3. The Morgan fingerprint density at radius 3 is 2.19 bits per heavy atom. The molecule has 0 spiro atoms. The second-order valence-electron chi connectivity index (χ2n) is 6.54. The molecule has 1 saturated heterocycles. The van der Waals surface area contributed by atoms with Crippen LogP contribution in [0.4, 0.5) is 5.69 Å². The third-order valence-corrected chi connectivity index (χ3v) is 5.22. The zero-order valence-electron chi connectivity index (χ0n) is 12.7. The van der Waals surface area contributed by atoms with Gasteiger partial charge in [-0.2, -0.15) is 0 Å². The van der Waals surface area contributed by atoms with Crippen LogP contribution in [-0.4, -0.2) is 43.7 Å². The molecule has 1 aliphatic carbocycles. The third-order valence-electron chi connectivity index (χ3n) is 4.97. The molecular weight excluding hydrogens is 282 g/mol. The summed E-state index contributed by atoms with van der Waals surface area (Å²) in [6, 6.07) is 8.67. The van der Waals surface area contributed by atoms with Crippen LogP contribution in [0.5, 0.6) is 0 Å². The van der Waals surface area contributed by atoms with Gasteiger partial charge in [0.1, 0.15) is 0 Å². The van der Waals surface area contributed by atoms with Crippen LogP contribution in [0.15, 0.2) is 24.3 Å². The van der Waals surface area contributed by atoms with Crippen LogP contribution in [0.1, 0.15) is 25.7 Å². The lowest BCUT2D eigenvalue weighted by Gasteiger charge is -2.38. The fraction of sp³-hybridized carbons (Fsp3) is 0.647. The van der Waals surface area contributed by atoms with E-state index in [2.05, 4.69) is 21.9 Å². The summed E-state index contributed by atoms with van der Waals surface area (Å²) in [5.74, 6) is 0.867. The Hall–Kier alpha value is -0.770. The van der Waals surface area contributed by atoms with Gasteiger partial charge in [-0.3, -0.25) is 4.90 Å². The molecule has 0 aromatic heterocycles. The molecule has 0 unspecified atom stereocenters. The van der Waals surface area contributed by atoms with Crippen LogP contribution in [0, 0.1) is 5.92 Å². The third kappa shape index (κ3) is 4.12. The minimum atomic E-state index is 0.461. The molecule has 3 rings (SSSR count). The van der Waals surface area contributed by atoms with Crippen molar-refractivity contribution in [1.29, 1.82) is 0 Å². The minimum absolute atomic E-state index is 0.461. The van der Waals surface area contributed by atoms with Crippen molar-refractivity contribution in [2.24, 2.45) is 11.7 Å². The molecule has 0 bridgehead atoms. The predicted molar refractivity (Wildman–Crippen MR) is 90.0 cm³/mol. The molecule has 4 heteroatoms. The van der Waals surface area contributed by atoms with E-state index < -0.39 is 0 Å². The summed E-state index contributed by atoms with van der Waals surface area (Å²) in [6.07, 6.45) is 5.07. The average Bonchev–Trinajstić information content (AvgIpc) is 2.51. The maximum absolute atomic E-state index is 5.99. The van der Waals surface area contributed by atoms with E-state index in [9.17, 15) is 0 Å². The highest BCUT2D eigenvalue weighted by molar-refractivity contribution is 6.30. The number of hydrogen-bond donors (Lipinski definition) is 1. The maximum atomic E-state index is 5.99. The van der Waals surface area contributed by atoms with Gasteiger partial charge >= 0.3 is 0 Å². The number of nitrogens with two attached hydrogens (primary N) is 1. The second kappa shape index (κ2) is 6.99. The number of nitrogens with zero attached hydrogens (tertiary/aromatic N) is 2. The Morgan fingerprint density at radius 1 is 0.952 bits per heavy atom. The van der Waals surface area contributed by atoms with E-state index in [-0.39, 0.29) is 0 Å². The van der Waals surface area contributed by atoms with Crippen molar-refractivity contribution >= 4 is 17.3 Å². The molecule has 2 fully saturated rings. The molecule has 2 N–H and O–H groups in total. The van der Waals surface area contributed by atoms with Gasteiger partial charge in [-0.05, 0) is 55.9 Å². The number of halogens is 1. The zero-order chi connectivity index (χ0) is 14.7. The number of benzene rings is 1. The van der Waals surface area contributed by atoms with Crippen LogP contribution in [0.2, 0.25) is 5.02 Å². The Balaban J connectivity index is 1.45. The summed E-state index contributed by atoms with van der Waals surface area (Å²) in [5.41, 5.74) is 7.29. The number of piperazine rings is 1. The molecule has 1 aromatic carbocycles. The number of anilines is 1. The Morgan fingerprint density at radius 2 is 1.57 bits per heavy atom. The van der Waals surface area contributed by atoms with Crippen LogP contribution in [0.25, 0.3) is 0 Å². The Bertz CT molecular complexity index is 432. The quantitative estimate of drug-likeness (QED) is 0.932. The number of hydrogen-bond acceptors (Lipinski definition) is 3. The zero-order valence-corrected chi connectivity index (χ0v) is 13.4. The van der Waals surface area contributed by atoms with Gasteiger partial charge < -0.3 is 10.6 Å². The van der Waals surface area contributed by atoms with Crippen molar-refractivity contribution in [2.75, 3.05) is 37.6 Å². The largest absolute Gasteiger partial charge is 0.369 e. The first-order valence-corrected chi connectivity index (χ1v) is 8.57. The van der Waals surface area contributed by atoms with E-state index in [1.54, 1.807) is 0 Å². The second-order valence-corrected chi connectivity index (χ2v) is 6.98. The summed E-state index contributed by atoms with van der Waals surface area (Å²) in [5, 5.41) is 0.813. The van der Waals surface area contributed by atoms with Gasteiger partial charge in [0.2, 0.25) is 0 Å². The molecule has 0 amide bonds. The first kappa shape index (κ1) is 15.1. The van der Waals surface area contributed by atoms with Gasteiger partial charge in [0, 0.05) is 49.5 Å². The summed E-state index contributed by atoms with van der Waals surface area (Å²) < 4.78 is 0. The van der Waals surface area contributed by atoms with Gasteiger partial charge in [-0.25, -0.2) is 0 Å². The molecule has 1 saturated carbocycles. The molecule has 3 nitrogen and oxygen atoms in total. The summed E-state index contributed by atoms with van der Waals surface area (Å²) >= 11 is 5.96. The summed E-state index contributed by atoms with van der Waals surface area (Å²) in [7, 11) is 0. The smallest absolute Gasteiger partial charge is 0.0407 e. The van der Waals surface area contributed by atoms with Crippen molar-refractivity contribution < 1.29 is 0 Å². The lowest BCUT2D eigenvalue weighted by atomic mass is 9.86. The molecule has 1 heterocycles. The fourth-order valence-corrected chi connectivity index (χ4v) is 3.70. The maximum Gasteiger partial charge on any atom is 0.0407 e. The van der Waals surface area contributed by atoms with Gasteiger partial charge in [-0.15, -0.1) is 0 Å². The van der Waals surface area contributed by atoms with Crippen molar-refractivity contribution in [1.82, 2.24) is 4.90 Å². The van der Waals surface area contributed by atoms with Crippen LogP contribution < -0.4 is 10.6 Å². The van der Waals surface area contributed by atoms with E-state index in [4.69, 9.17) is 17.3 Å².